The molecule has 9 nitrogen and oxygen atoms in total. The molecular weight excluding hydrogens is 552 g/mol. The second kappa shape index (κ2) is 19.6. The number of ether oxygens (including phenoxy) is 8. The van der Waals surface area contributed by atoms with E-state index < -0.39 is 6.10 Å². The molecular formula is C34H58O9. The van der Waals surface area contributed by atoms with Crippen LogP contribution in [-0.2, 0) is 35.0 Å². The van der Waals surface area contributed by atoms with Gasteiger partial charge >= 0.3 is 0 Å². The van der Waals surface area contributed by atoms with Crippen LogP contribution in [0.2, 0.25) is 0 Å². The van der Waals surface area contributed by atoms with E-state index in [1.165, 1.54) is 0 Å². The summed E-state index contributed by atoms with van der Waals surface area (Å²) in [6, 6.07) is 5.73. The van der Waals surface area contributed by atoms with Crippen molar-refractivity contribution in [2.75, 3.05) is 42.3 Å². The number of methoxy groups -OCH3 is 5. The Morgan fingerprint density at radius 2 is 1.67 bits per heavy atom. The molecule has 0 amide bonds. The van der Waals surface area contributed by atoms with Crippen LogP contribution >= 0.6 is 0 Å². The second-order valence-electron chi connectivity index (χ2n) is 12.0. The third kappa shape index (κ3) is 11.3. The summed E-state index contributed by atoms with van der Waals surface area (Å²) in [6.07, 6.45) is 4.58. The molecule has 0 saturated carbocycles. The lowest BCUT2D eigenvalue weighted by atomic mass is 9.84. The highest BCUT2D eigenvalue weighted by molar-refractivity contribution is 5.42. The Morgan fingerprint density at radius 1 is 0.977 bits per heavy atom. The molecule has 1 unspecified atom stereocenters. The van der Waals surface area contributed by atoms with Gasteiger partial charge in [-0.3, -0.25) is 0 Å². The Labute approximate surface area is 260 Å². The molecule has 43 heavy (non-hydrogen) atoms. The predicted octanol–water partition coefficient (Wildman–Crippen LogP) is 6.01. The lowest BCUT2D eigenvalue weighted by Crippen LogP contribution is -2.37. The number of benzene rings is 1. The van der Waals surface area contributed by atoms with Crippen molar-refractivity contribution in [3.05, 3.63) is 36.4 Å². The highest BCUT2D eigenvalue weighted by Crippen LogP contribution is 2.35. The lowest BCUT2D eigenvalue weighted by Gasteiger charge is -2.33. The van der Waals surface area contributed by atoms with Crippen LogP contribution in [0, 0.1) is 23.7 Å². The van der Waals surface area contributed by atoms with Gasteiger partial charge in [0.15, 0.2) is 17.8 Å². The Bertz CT molecular complexity index is 912. The fourth-order valence-corrected chi connectivity index (χ4v) is 6.14. The minimum atomic E-state index is -0.549. The predicted molar refractivity (Wildman–Crippen MR) is 167 cm³/mol. The van der Waals surface area contributed by atoms with Crippen LogP contribution in [0.5, 0.6) is 11.5 Å². The van der Waals surface area contributed by atoms with Crippen molar-refractivity contribution < 1.29 is 43.0 Å². The molecule has 0 radical (unpaired) electrons. The van der Waals surface area contributed by atoms with Gasteiger partial charge in [0, 0.05) is 46.0 Å². The summed E-state index contributed by atoms with van der Waals surface area (Å²) in [5.74, 6) is 1.98. The van der Waals surface area contributed by atoms with Gasteiger partial charge < -0.3 is 43.0 Å². The van der Waals surface area contributed by atoms with Crippen LogP contribution in [0.25, 0.3) is 0 Å². The molecule has 1 aliphatic rings. The van der Waals surface area contributed by atoms with Gasteiger partial charge in [0.2, 0.25) is 0 Å². The van der Waals surface area contributed by atoms with Gasteiger partial charge in [-0.25, -0.2) is 0 Å². The Balaban J connectivity index is 2.03. The van der Waals surface area contributed by atoms with Gasteiger partial charge in [-0.15, -0.1) is 6.58 Å². The average Bonchev–Trinajstić information content (AvgIpc) is 3.41. The smallest absolute Gasteiger partial charge is 0.161 e. The zero-order valence-electron chi connectivity index (χ0n) is 28.0. The quantitative estimate of drug-likeness (QED) is 0.0963. The van der Waals surface area contributed by atoms with Crippen molar-refractivity contribution >= 4 is 0 Å². The molecule has 1 aromatic rings. The molecule has 1 fully saturated rings. The maximum Gasteiger partial charge on any atom is 0.161 e. The molecule has 0 aromatic heterocycles. The minimum absolute atomic E-state index is 0.0211. The van der Waals surface area contributed by atoms with E-state index in [4.69, 9.17) is 37.9 Å². The fraction of sp³-hybridized carbons (Fsp3) is 0.765. The minimum Gasteiger partial charge on any atom is -0.493 e. The summed E-state index contributed by atoms with van der Waals surface area (Å²) in [6.45, 7) is 12.9. The van der Waals surface area contributed by atoms with Crippen LogP contribution in [-0.4, -0.2) is 84.3 Å². The molecule has 9 heteroatoms. The SMILES string of the molecule is C=CC[C@H](OC)[C@@H](C)[C@@H](O)C[C@H](OC)[C@@H](C)CC[C@@H](OCOCc1ccc(OC)c(OC)c1)[C@H](C)[C@@H]1OC(OC)C[C@H]1C. The van der Waals surface area contributed by atoms with Gasteiger partial charge in [-0.05, 0) is 48.8 Å². The van der Waals surface area contributed by atoms with Crippen LogP contribution in [0.15, 0.2) is 30.9 Å². The summed E-state index contributed by atoms with van der Waals surface area (Å²) in [5, 5.41) is 11.0. The van der Waals surface area contributed by atoms with E-state index in [2.05, 4.69) is 27.4 Å². The van der Waals surface area contributed by atoms with Crippen LogP contribution in [0.4, 0.5) is 0 Å². The Hall–Kier alpha value is -1.72. The van der Waals surface area contributed by atoms with Crippen molar-refractivity contribution in [2.45, 2.75) is 103 Å². The first-order valence-corrected chi connectivity index (χ1v) is 15.6. The van der Waals surface area contributed by atoms with Crippen molar-refractivity contribution in [3.8, 4) is 11.5 Å². The zero-order valence-corrected chi connectivity index (χ0v) is 28.0. The molecule has 2 rings (SSSR count). The van der Waals surface area contributed by atoms with E-state index in [0.717, 1.165) is 24.8 Å². The summed E-state index contributed by atoms with van der Waals surface area (Å²) in [4.78, 5) is 0. The van der Waals surface area contributed by atoms with Crippen LogP contribution in [0.1, 0.15) is 65.4 Å². The van der Waals surface area contributed by atoms with E-state index in [-0.39, 0.29) is 55.3 Å². The van der Waals surface area contributed by atoms with Crippen molar-refractivity contribution in [1.82, 2.24) is 0 Å². The number of hydrogen-bond acceptors (Lipinski definition) is 9. The zero-order chi connectivity index (χ0) is 31.9. The average molecular weight is 611 g/mol. The first kappa shape index (κ1) is 37.5. The lowest BCUT2D eigenvalue weighted by molar-refractivity contribution is -0.162. The molecule has 248 valence electrons. The van der Waals surface area contributed by atoms with Gasteiger partial charge in [0.05, 0.1) is 51.3 Å². The molecule has 1 aromatic carbocycles. The van der Waals surface area contributed by atoms with Gasteiger partial charge in [-0.1, -0.05) is 39.8 Å². The molecule has 10 atom stereocenters. The third-order valence-electron chi connectivity index (χ3n) is 9.10. The normalized spacial score (nSPS) is 23.6. The largest absolute Gasteiger partial charge is 0.493 e. The first-order chi connectivity index (χ1) is 20.6. The summed E-state index contributed by atoms with van der Waals surface area (Å²) in [5.41, 5.74) is 0.967. The van der Waals surface area contributed by atoms with Gasteiger partial charge in [0.1, 0.15) is 6.79 Å². The molecule has 1 aliphatic heterocycles. The summed E-state index contributed by atoms with van der Waals surface area (Å²) in [7, 11) is 8.32. The molecule has 1 saturated heterocycles. The summed E-state index contributed by atoms with van der Waals surface area (Å²) < 4.78 is 46.3. The van der Waals surface area contributed by atoms with E-state index in [1.54, 1.807) is 35.5 Å². The molecule has 0 bridgehead atoms. The van der Waals surface area contributed by atoms with Crippen molar-refractivity contribution in [2.24, 2.45) is 23.7 Å². The maximum atomic E-state index is 11.0. The molecule has 0 aliphatic carbocycles. The second-order valence-corrected chi connectivity index (χ2v) is 12.0. The third-order valence-corrected chi connectivity index (χ3v) is 9.10. The summed E-state index contributed by atoms with van der Waals surface area (Å²) >= 11 is 0. The number of rotatable bonds is 22. The Morgan fingerprint density at radius 3 is 2.26 bits per heavy atom. The van der Waals surface area contributed by atoms with Crippen molar-refractivity contribution in [1.29, 1.82) is 0 Å². The fourth-order valence-electron chi connectivity index (χ4n) is 6.14. The standard InChI is InChI=1S/C34H58O9/c1-11-12-28(36-6)24(4)27(35)19-31(38-8)22(2)13-15-29(25(5)34-23(3)17-33(40-10)43-34)42-21-41-20-26-14-16-30(37-7)32(18-26)39-9/h11,14,16,18,22-25,27-29,31,33-35H,1,12-13,15,17,19-21H2,2-10H3/t22-,23+,24-,25-,27-,28-,29+,31-,33?,34+/m0/s1. The van der Waals surface area contributed by atoms with E-state index in [0.29, 0.717) is 36.9 Å². The monoisotopic (exact) mass is 610 g/mol. The molecule has 1 heterocycles. The van der Waals surface area contributed by atoms with E-state index in [1.807, 2.05) is 31.2 Å². The topological polar surface area (TPSA) is 94.1 Å². The van der Waals surface area contributed by atoms with Crippen LogP contribution < -0.4 is 9.47 Å². The number of aliphatic hydroxyl groups excluding tert-OH is 1. The maximum absolute atomic E-state index is 11.0. The molecule has 0 spiro atoms. The Kier molecular flexibility index (Phi) is 17.1. The first-order valence-electron chi connectivity index (χ1n) is 15.6. The highest BCUT2D eigenvalue weighted by atomic mass is 16.7. The number of hydrogen-bond donors (Lipinski definition) is 1. The van der Waals surface area contributed by atoms with E-state index in [9.17, 15) is 5.11 Å². The highest BCUT2D eigenvalue weighted by Gasteiger charge is 2.39. The van der Waals surface area contributed by atoms with Crippen LogP contribution in [0.3, 0.4) is 0 Å². The van der Waals surface area contributed by atoms with E-state index >= 15 is 0 Å². The molecule has 1 N–H and O–H groups in total. The van der Waals surface area contributed by atoms with Gasteiger partial charge in [0.25, 0.3) is 0 Å². The number of aliphatic hydroxyl groups is 1. The van der Waals surface area contributed by atoms with Crippen molar-refractivity contribution in [3.63, 3.8) is 0 Å². The van der Waals surface area contributed by atoms with Gasteiger partial charge in [-0.2, -0.15) is 0 Å².